The molecule has 0 radical (unpaired) electrons. The van der Waals surface area contributed by atoms with Crippen molar-refractivity contribution >= 4 is 0 Å². The second kappa shape index (κ2) is 5.46. The number of rotatable bonds is 3. The van der Waals surface area contributed by atoms with Crippen molar-refractivity contribution in [2.75, 3.05) is 13.2 Å². The minimum Gasteiger partial charge on any atom is -0.353 e. The molecule has 2 nitrogen and oxygen atoms in total. The summed E-state index contributed by atoms with van der Waals surface area (Å²) in [7, 11) is 0. The van der Waals surface area contributed by atoms with Gasteiger partial charge in [-0.05, 0) is 18.4 Å². The van der Waals surface area contributed by atoms with E-state index < -0.39 is 0 Å². The highest BCUT2D eigenvalue weighted by Crippen LogP contribution is 2.33. The minimum absolute atomic E-state index is 0.0000350. The first-order chi connectivity index (χ1) is 7.81. The highest BCUT2D eigenvalue weighted by atomic mass is 16.7. The van der Waals surface area contributed by atoms with Gasteiger partial charge in [-0.2, -0.15) is 0 Å². The Labute approximate surface area is 97.6 Å². The highest BCUT2D eigenvalue weighted by Gasteiger charge is 2.29. The SMILES string of the molecule is CCOC1C[C@@H](C)[C@H](c2ccccc2)CO1. The predicted molar refractivity (Wildman–Crippen MR) is 64.3 cm³/mol. The molecule has 3 atom stereocenters. The third-order valence-corrected chi connectivity index (χ3v) is 3.29. The largest absolute Gasteiger partial charge is 0.353 e. The predicted octanol–water partition coefficient (Wildman–Crippen LogP) is 3.19. The summed E-state index contributed by atoms with van der Waals surface area (Å²) in [6.45, 7) is 5.80. The van der Waals surface area contributed by atoms with Crippen molar-refractivity contribution in [3.05, 3.63) is 35.9 Å². The standard InChI is InChI=1S/C14H20O2/c1-3-15-14-9-11(2)13(10-16-14)12-7-5-4-6-8-12/h4-8,11,13-14H,3,9-10H2,1-2H3/t11-,13-,14?/m1/s1. The normalized spacial score (nSPS) is 30.2. The Morgan fingerprint density at radius 2 is 2.06 bits per heavy atom. The van der Waals surface area contributed by atoms with E-state index in [-0.39, 0.29) is 6.29 Å². The van der Waals surface area contributed by atoms with Crippen LogP contribution in [0.25, 0.3) is 0 Å². The van der Waals surface area contributed by atoms with Gasteiger partial charge in [0, 0.05) is 18.9 Å². The fourth-order valence-electron chi connectivity index (χ4n) is 2.34. The monoisotopic (exact) mass is 220 g/mol. The number of hydrogen-bond acceptors (Lipinski definition) is 2. The van der Waals surface area contributed by atoms with Crippen molar-refractivity contribution in [2.45, 2.75) is 32.5 Å². The maximum absolute atomic E-state index is 5.73. The molecule has 1 fully saturated rings. The second-order valence-electron chi connectivity index (χ2n) is 4.45. The molecule has 1 aliphatic rings. The number of benzene rings is 1. The molecule has 0 aromatic heterocycles. The van der Waals surface area contributed by atoms with Gasteiger partial charge in [-0.1, -0.05) is 37.3 Å². The van der Waals surface area contributed by atoms with Gasteiger partial charge >= 0.3 is 0 Å². The van der Waals surface area contributed by atoms with Crippen molar-refractivity contribution < 1.29 is 9.47 Å². The summed E-state index contributed by atoms with van der Waals surface area (Å²) in [6.07, 6.45) is 0.993. The van der Waals surface area contributed by atoms with E-state index in [9.17, 15) is 0 Å². The van der Waals surface area contributed by atoms with Crippen LogP contribution in [0.4, 0.5) is 0 Å². The Morgan fingerprint density at radius 1 is 1.31 bits per heavy atom. The van der Waals surface area contributed by atoms with Crippen molar-refractivity contribution in [3.63, 3.8) is 0 Å². The summed E-state index contributed by atoms with van der Waals surface area (Å²) < 4.78 is 11.2. The van der Waals surface area contributed by atoms with Crippen molar-refractivity contribution in [2.24, 2.45) is 5.92 Å². The average Bonchev–Trinajstić information content (AvgIpc) is 2.31. The summed E-state index contributed by atoms with van der Waals surface area (Å²) in [5, 5.41) is 0. The fraction of sp³-hybridized carbons (Fsp3) is 0.571. The molecule has 0 bridgehead atoms. The molecule has 16 heavy (non-hydrogen) atoms. The van der Waals surface area contributed by atoms with Crippen LogP contribution in [0.3, 0.4) is 0 Å². The Hall–Kier alpha value is -0.860. The van der Waals surface area contributed by atoms with Crippen LogP contribution in [0, 0.1) is 5.92 Å². The Bertz CT molecular complexity index is 310. The van der Waals surface area contributed by atoms with Gasteiger partial charge in [-0.3, -0.25) is 0 Å². The van der Waals surface area contributed by atoms with Crippen LogP contribution in [0.2, 0.25) is 0 Å². The summed E-state index contributed by atoms with van der Waals surface area (Å²) >= 11 is 0. The lowest BCUT2D eigenvalue weighted by Crippen LogP contribution is -2.32. The zero-order valence-corrected chi connectivity index (χ0v) is 10.1. The topological polar surface area (TPSA) is 18.5 Å². The zero-order valence-electron chi connectivity index (χ0n) is 10.1. The molecule has 1 aromatic rings. The molecule has 0 spiro atoms. The van der Waals surface area contributed by atoms with Gasteiger partial charge in [0.25, 0.3) is 0 Å². The van der Waals surface area contributed by atoms with E-state index in [2.05, 4.69) is 37.3 Å². The van der Waals surface area contributed by atoms with Gasteiger partial charge in [0.1, 0.15) is 0 Å². The highest BCUT2D eigenvalue weighted by molar-refractivity contribution is 5.20. The summed E-state index contributed by atoms with van der Waals surface area (Å²) in [5.41, 5.74) is 1.38. The fourth-order valence-corrected chi connectivity index (χ4v) is 2.34. The van der Waals surface area contributed by atoms with E-state index in [1.807, 2.05) is 6.92 Å². The molecule has 1 heterocycles. The quantitative estimate of drug-likeness (QED) is 0.779. The lowest BCUT2D eigenvalue weighted by molar-refractivity contribution is -0.176. The van der Waals surface area contributed by atoms with Gasteiger partial charge in [-0.15, -0.1) is 0 Å². The lowest BCUT2D eigenvalue weighted by Gasteiger charge is -2.34. The van der Waals surface area contributed by atoms with Crippen LogP contribution in [0.5, 0.6) is 0 Å². The van der Waals surface area contributed by atoms with Gasteiger partial charge in [-0.25, -0.2) is 0 Å². The third kappa shape index (κ3) is 2.63. The third-order valence-electron chi connectivity index (χ3n) is 3.29. The van der Waals surface area contributed by atoms with Crippen LogP contribution >= 0.6 is 0 Å². The van der Waals surface area contributed by atoms with E-state index in [1.54, 1.807) is 0 Å². The Morgan fingerprint density at radius 3 is 2.69 bits per heavy atom. The molecule has 2 rings (SSSR count). The molecular weight excluding hydrogens is 200 g/mol. The molecule has 2 heteroatoms. The molecule has 0 saturated carbocycles. The van der Waals surface area contributed by atoms with E-state index in [0.29, 0.717) is 11.8 Å². The molecule has 88 valence electrons. The minimum atomic E-state index is -0.0000350. The van der Waals surface area contributed by atoms with Crippen molar-refractivity contribution in [3.8, 4) is 0 Å². The average molecular weight is 220 g/mol. The van der Waals surface area contributed by atoms with Crippen molar-refractivity contribution in [1.29, 1.82) is 0 Å². The van der Waals surface area contributed by atoms with Crippen LogP contribution in [0.15, 0.2) is 30.3 Å². The summed E-state index contributed by atoms with van der Waals surface area (Å²) in [6, 6.07) is 10.6. The van der Waals surface area contributed by atoms with E-state index in [0.717, 1.165) is 19.6 Å². The molecule has 0 N–H and O–H groups in total. The lowest BCUT2D eigenvalue weighted by atomic mass is 9.84. The van der Waals surface area contributed by atoms with E-state index in [4.69, 9.17) is 9.47 Å². The van der Waals surface area contributed by atoms with Gasteiger partial charge < -0.3 is 9.47 Å². The summed E-state index contributed by atoms with van der Waals surface area (Å²) in [4.78, 5) is 0. The Balaban J connectivity index is 1.99. The number of ether oxygens (including phenoxy) is 2. The maximum atomic E-state index is 5.73. The van der Waals surface area contributed by atoms with Crippen molar-refractivity contribution in [1.82, 2.24) is 0 Å². The van der Waals surface area contributed by atoms with Crippen LogP contribution in [-0.2, 0) is 9.47 Å². The van der Waals surface area contributed by atoms with Gasteiger partial charge in [0.15, 0.2) is 6.29 Å². The first-order valence-electron chi connectivity index (χ1n) is 6.09. The van der Waals surface area contributed by atoms with Gasteiger partial charge in [0.05, 0.1) is 6.61 Å². The van der Waals surface area contributed by atoms with Crippen LogP contribution in [-0.4, -0.2) is 19.5 Å². The van der Waals surface area contributed by atoms with Crippen LogP contribution in [0.1, 0.15) is 31.7 Å². The first-order valence-corrected chi connectivity index (χ1v) is 6.09. The second-order valence-corrected chi connectivity index (χ2v) is 4.45. The molecule has 1 saturated heterocycles. The Kier molecular flexibility index (Phi) is 3.97. The zero-order chi connectivity index (χ0) is 11.4. The first kappa shape index (κ1) is 11.6. The van der Waals surface area contributed by atoms with E-state index in [1.165, 1.54) is 5.56 Å². The van der Waals surface area contributed by atoms with Crippen LogP contribution < -0.4 is 0 Å². The number of hydrogen-bond donors (Lipinski definition) is 0. The van der Waals surface area contributed by atoms with Gasteiger partial charge in [0.2, 0.25) is 0 Å². The molecule has 0 aliphatic carbocycles. The summed E-state index contributed by atoms with van der Waals surface area (Å²) in [5.74, 6) is 1.13. The molecule has 1 aromatic carbocycles. The maximum Gasteiger partial charge on any atom is 0.157 e. The molecule has 1 unspecified atom stereocenters. The molecule has 0 amide bonds. The molecular formula is C14H20O2. The smallest absolute Gasteiger partial charge is 0.157 e. The van der Waals surface area contributed by atoms with E-state index >= 15 is 0 Å². The molecule has 1 aliphatic heterocycles.